The van der Waals surface area contributed by atoms with Crippen LogP contribution < -0.4 is 33.6 Å². The number of benzene rings is 4. The highest BCUT2D eigenvalue weighted by molar-refractivity contribution is 6.35. The molecule has 67 heavy (non-hydrogen) atoms. The van der Waals surface area contributed by atoms with E-state index in [0.717, 1.165) is 16.8 Å². The lowest BCUT2D eigenvalue weighted by molar-refractivity contribution is 0.0699. The lowest BCUT2D eigenvalue weighted by atomic mass is 10.1. The highest BCUT2D eigenvalue weighted by atomic mass is 35.5. The maximum atomic E-state index is 13.6. The van der Waals surface area contributed by atoms with Gasteiger partial charge in [0.2, 0.25) is 0 Å². The number of nitrogens with two attached hydrogens (primary N) is 3. The molecule has 10 aromatic rings. The van der Waals surface area contributed by atoms with E-state index in [2.05, 4.69) is 15.5 Å². The number of pyridine rings is 4. The molecule has 0 bridgehead atoms. The van der Waals surface area contributed by atoms with Gasteiger partial charge in [-0.05, 0) is 97.4 Å². The van der Waals surface area contributed by atoms with E-state index in [9.17, 15) is 19.2 Å². The summed E-state index contributed by atoms with van der Waals surface area (Å²) in [6, 6.07) is 43.1. The van der Waals surface area contributed by atoms with Gasteiger partial charge in [0.25, 0.3) is 17.0 Å². The second-order valence-corrected chi connectivity index (χ2v) is 16.2. The first-order valence-corrected chi connectivity index (χ1v) is 21.5. The molecular formula is C50H42Cl2N10O5. The van der Waals surface area contributed by atoms with Crippen LogP contribution in [0.2, 0.25) is 10.0 Å². The molecule has 8 N–H and O–H groups in total. The van der Waals surface area contributed by atoms with Crippen molar-refractivity contribution in [2.75, 3.05) is 11.5 Å². The molecule has 2 atom stereocenters. The van der Waals surface area contributed by atoms with Gasteiger partial charge >= 0.3 is 5.97 Å². The van der Waals surface area contributed by atoms with Crippen molar-refractivity contribution in [2.24, 2.45) is 5.73 Å². The highest BCUT2D eigenvalue weighted by Crippen LogP contribution is 2.28. The quantitative estimate of drug-likeness (QED) is 0.102. The maximum absolute atomic E-state index is 13.6. The zero-order valence-corrected chi connectivity index (χ0v) is 37.4. The third kappa shape index (κ3) is 8.94. The Morgan fingerprint density at radius 3 is 1.51 bits per heavy atom. The summed E-state index contributed by atoms with van der Waals surface area (Å²) in [6.07, 6.45) is 3.38. The molecule has 1 amide bonds. The lowest BCUT2D eigenvalue weighted by Crippen LogP contribution is -2.32. The molecule has 0 aliphatic carbocycles. The van der Waals surface area contributed by atoms with Gasteiger partial charge in [0.15, 0.2) is 11.6 Å². The second kappa shape index (κ2) is 19.1. The topological polar surface area (TPSA) is 223 Å². The van der Waals surface area contributed by atoms with Crippen molar-refractivity contribution in [1.29, 1.82) is 0 Å². The molecule has 0 radical (unpaired) electrons. The Hall–Kier alpha value is -8.24. The molecular weight excluding hydrogens is 892 g/mol. The summed E-state index contributed by atoms with van der Waals surface area (Å²) < 4.78 is 6.23. The predicted molar refractivity (Wildman–Crippen MR) is 264 cm³/mol. The van der Waals surface area contributed by atoms with Crippen LogP contribution in [0.5, 0.6) is 0 Å². The summed E-state index contributed by atoms with van der Waals surface area (Å²) in [5.74, 6) is -1.26. The fourth-order valence-electron chi connectivity index (χ4n) is 7.85. The smallest absolute Gasteiger partial charge is 0.341 e. The number of para-hydroxylation sites is 2. The summed E-state index contributed by atoms with van der Waals surface area (Å²) in [5.41, 5.74) is 21.4. The number of nitrogens with one attached hydrogen (secondary N) is 1. The van der Waals surface area contributed by atoms with Gasteiger partial charge in [0.05, 0.1) is 37.9 Å². The van der Waals surface area contributed by atoms with E-state index in [0.29, 0.717) is 54.2 Å². The molecule has 6 aromatic heterocycles. The van der Waals surface area contributed by atoms with Gasteiger partial charge in [-0.3, -0.25) is 23.5 Å². The number of nitrogens with zero attached hydrogens (tertiary/aromatic N) is 6. The van der Waals surface area contributed by atoms with Crippen LogP contribution in [0.4, 0.5) is 11.6 Å². The number of aromatic carboxylic acids is 1. The molecule has 10 rings (SSSR count). The van der Waals surface area contributed by atoms with Gasteiger partial charge in [-0.15, -0.1) is 10.2 Å². The number of carboxylic acids is 1. The van der Waals surface area contributed by atoms with E-state index in [4.69, 9.17) is 45.5 Å². The Morgan fingerprint density at radius 2 is 1.03 bits per heavy atom. The number of anilines is 2. The molecule has 0 fully saturated rings. The monoisotopic (exact) mass is 932 g/mol. The normalized spacial score (nSPS) is 12.0. The summed E-state index contributed by atoms with van der Waals surface area (Å²) in [4.78, 5) is 50.4. The van der Waals surface area contributed by atoms with Gasteiger partial charge in [0.1, 0.15) is 11.1 Å². The largest absolute Gasteiger partial charge is 0.477 e. The summed E-state index contributed by atoms with van der Waals surface area (Å²) in [7, 11) is 0. The number of aromatic nitrogens is 6. The summed E-state index contributed by atoms with van der Waals surface area (Å²) >= 11 is 12.6. The number of rotatable bonds is 7. The molecule has 0 saturated heterocycles. The van der Waals surface area contributed by atoms with E-state index >= 15 is 0 Å². The Labute approximate surface area is 391 Å². The average molecular weight is 934 g/mol. The molecule has 0 unspecified atom stereocenters. The Bertz CT molecular complexity index is 3610. The van der Waals surface area contributed by atoms with Crippen molar-refractivity contribution in [3.05, 3.63) is 211 Å². The van der Waals surface area contributed by atoms with Crippen LogP contribution in [0.1, 0.15) is 58.0 Å². The molecule has 6 heterocycles. The van der Waals surface area contributed by atoms with Gasteiger partial charge in [-0.2, -0.15) is 0 Å². The van der Waals surface area contributed by atoms with E-state index in [1.54, 1.807) is 68.5 Å². The number of carboxylic acid groups (broad SMARTS) is 1. The minimum Gasteiger partial charge on any atom is -0.477 e. The van der Waals surface area contributed by atoms with E-state index in [1.165, 1.54) is 4.52 Å². The third-order valence-corrected chi connectivity index (χ3v) is 11.5. The van der Waals surface area contributed by atoms with Crippen LogP contribution in [0.25, 0.3) is 44.0 Å². The van der Waals surface area contributed by atoms with Crippen LogP contribution in [0.15, 0.2) is 168 Å². The predicted octanol–water partition coefficient (Wildman–Crippen LogP) is 8.64. The van der Waals surface area contributed by atoms with Gasteiger partial charge in [0, 0.05) is 41.2 Å². The van der Waals surface area contributed by atoms with Gasteiger partial charge < -0.3 is 27.6 Å². The molecule has 17 heteroatoms. The van der Waals surface area contributed by atoms with Crippen molar-refractivity contribution in [2.45, 2.75) is 25.9 Å². The number of halogens is 2. The first kappa shape index (κ1) is 45.3. The number of carbonyl (C=O) groups excluding carboxylic acids is 1. The maximum Gasteiger partial charge on any atom is 0.341 e. The standard InChI is InChI=1S/C25H20ClN5O2.C17H15ClN2O.C8H7N3O2/c1-15(28-24(32)22-19-12-5-6-13-30(19)29-23(22)27)20-14-16-8-7-11-18(26)21(16)25(33)31(20)17-9-3-2-4-10-17;1-11(19)15-10-12-6-5-9-14(18)16(12)17(21)20(15)13-7-3-2-4-8-13;9-7-6(8(12)13)5-3-1-2-4-11(5)10-7/h2-15H,1H3,(H2,27,29)(H,28,32);2-11H,19H2,1H3;1-4H,(H2,9,10)(H,12,13)/t15-;11-;/m00./s1. The fourth-order valence-corrected chi connectivity index (χ4v) is 8.37. The molecule has 0 saturated carbocycles. The van der Waals surface area contributed by atoms with Crippen LogP contribution in [0.3, 0.4) is 0 Å². The number of hydrogen-bond donors (Lipinski definition) is 5. The number of nitrogen functional groups attached to an aromatic ring is 2. The van der Waals surface area contributed by atoms with Crippen molar-refractivity contribution < 1.29 is 14.7 Å². The van der Waals surface area contributed by atoms with Crippen molar-refractivity contribution >= 4 is 79.3 Å². The molecule has 0 spiro atoms. The van der Waals surface area contributed by atoms with E-state index < -0.39 is 12.0 Å². The Balaban J connectivity index is 0.000000152. The van der Waals surface area contributed by atoms with Crippen LogP contribution in [-0.2, 0) is 0 Å². The van der Waals surface area contributed by atoms with Crippen molar-refractivity contribution in [3.8, 4) is 11.4 Å². The molecule has 15 nitrogen and oxygen atoms in total. The highest BCUT2D eigenvalue weighted by Gasteiger charge is 2.24. The Morgan fingerprint density at radius 1 is 0.597 bits per heavy atom. The van der Waals surface area contributed by atoms with E-state index in [-0.39, 0.29) is 40.3 Å². The van der Waals surface area contributed by atoms with Gasteiger partial charge in [-0.1, -0.05) is 96.0 Å². The minimum absolute atomic E-state index is 0.0405. The zero-order valence-electron chi connectivity index (χ0n) is 35.9. The SMILES string of the molecule is C[C@H](N)c1cc2cccc(Cl)c2c(=O)n1-c1ccccc1.C[C@H](NC(=O)c1c(N)nn2ccccc12)c1cc2cccc(Cl)c2c(=O)n1-c1ccccc1.Nc1nn2ccccc2c1C(=O)O. The fraction of sp³-hybridized carbons (Fsp3) is 0.0800. The van der Waals surface area contributed by atoms with Crippen molar-refractivity contribution in [1.82, 2.24) is 33.7 Å². The zero-order chi connectivity index (χ0) is 47.5. The summed E-state index contributed by atoms with van der Waals surface area (Å²) in [6.45, 7) is 3.69. The van der Waals surface area contributed by atoms with Crippen molar-refractivity contribution in [3.63, 3.8) is 0 Å². The number of amides is 1. The number of fused-ring (bicyclic) bond motifs is 4. The first-order chi connectivity index (χ1) is 32.2. The van der Waals surface area contributed by atoms with Gasteiger partial charge in [-0.25, -0.2) is 13.8 Å². The van der Waals surface area contributed by atoms with E-state index in [1.807, 2.05) is 117 Å². The Kier molecular flexibility index (Phi) is 12.9. The molecule has 336 valence electrons. The molecule has 0 aliphatic rings. The second-order valence-electron chi connectivity index (χ2n) is 15.4. The summed E-state index contributed by atoms with van der Waals surface area (Å²) in [5, 5.41) is 23.2. The van der Waals surface area contributed by atoms with Crippen LogP contribution in [-0.4, -0.2) is 45.3 Å². The third-order valence-electron chi connectivity index (χ3n) is 10.9. The first-order valence-electron chi connectivity index (χ1n) is 20.8. The number of hydrogen-bond acceptors (Lipinski definition) is 9. The molecule has 4 aromatic carbocycles. The molecule has 0 aliphatic heterocycles. The number of carbonyl (C=O) groups is 2. The minimum atomic E-state index is -1.06. The average Bonchev–Trinajstić information content (AvgIpc) is 3.84. The van der Waals surface area contributed by atoms with Crippen LogP contribution >= 0.6 is 23.2 Å². The lowest BCUT2D eigenvalue weighted by Gasteiger charge is -2.21. The van der Waals surface area contributed by atoms with Crippen LogP contribution in [0, 0.1) is 0 Å².